The lowest BCUT2D eigenvalue weighted by Crippen LogP contribution is -2.33. The number of rotatable bonds is 3. The SMILES string of the molecule is O=C(O)[C@@H]1CSC(c2csc(-c3ccccc3O)n2)N1. The maximum absolute atomic E-state index is 10.9. The van der Waals surface area contributed by atoms with Crippen molar-refractivity contribution in [3.05, 3.63) is 35.3 Å². The van der Waals surface area contributed by atoms with E-state index in [-0.39, 0.29) is 11.1 Å². The van der Waals surface area contributed by atoms with E-state index in [9.17, 15) is 9.90 Å². The van der Waals surface area contributed by atoms with E-state index in [2.05, 4.69) is 10.3 Å². The number of phenols is 1. The summed E-state index contributed by atoms with van der Waals surface area (Å²) in [4.78, 5) is 15.4. The van der Waals surface area contributed by atoms with Crippen LogP contribution in [0.5, 0.6) is 5.75 Å². The van der Waals surface area contributed by atoms with Crippen molar-refractivity contribution in [2.45, 2.75) is 11.4 Å². The van der Waals surface area contributed by atoms with Crippen molar-refractivity contribution < 1.29 is 15.0 Å². The number of nitrogens with zero attached hydrogens (tertiary/aromatic N) is 1. The molecule has 0 spiro atoms. The first-order valence-corrected chi connectivity index (χ1v) is 7.92. The fourth-order valence-electron chi connectivity index (χ4n) is 1.97. The molecule has 2 atom stereocenters. The van der Waals surface area contributed by atoms with E-state index >= 15 is 0 Å². The average Bonchev–Trinajstić information content (AvgIpc) is 3.08. The lowest BCUT2D eigenvalue weighted by Gasteiger charge is -2.07. The van der Waals surface area contributed by atoms with Crippen molar-refractivity contribution in [2.24, 2.45) is 0 Å². The zero-order chi connectivity index (χ0) is 14.1. The van der Waals surface area contributed by atoms with Gasteiger partial charge in [-0.25, -0.2) is 4.98 Å². The summed E-state index contributed by atoms with van der Waals surface area (Å²) < 4.78 is 0. The largest absolute Gasteiger partial charge is 0.507 e. The highest BCUT2D eigenvalue weighted by Gasteiger charge is 2.31. The molecule has 1 aromatic carbocycles. The quantitative estimate of drug-likeness (QED) is 0.807. The van der Waals surface area contributed by atoms with Gasteiger partial charge < -0.3 is 10.2 Å². The number of thioether (sulfide) groups is 1. The van der Waals surface area contributed by atoms with Gasteiger partial charge in [-0.2, -0.15) is 0 Å². The predicted octanol–water partition coefficient (Wildman–Crippen LogP) is 2.30. The first-order valence-electron chi connectivity index (χ1n) is 5.99. The van der Waals surface area contributed by atoms with Crippen LogP contribution in [-0.2, 0) is 4.79 Å². The molecule has 2 aromatic rings. The number of benzene rings is 1. The number of phenolic OH excluding ortho intramolecular Hbond substituents is 1. The Morgan fingerprint density at radius 2 is 2.20 bits per heavy atom. The molecule has 3 rings (SSSR count). The standard InChI is InChI=1S/C13H12N2O3S2/c16-10-4-2-1-3-7(10)11-14-8(5-19-11)12-15-9(6-20-12)13(17)18/h1-5,9,12,15-16H,6H2,(H,17,18)/t9-,12?/m0/s1. The van der Waals surface area contributed by atoms with Crippen LogP contribution in [0.15, 0.2) is 29.6 Å². The molecular formula is C13H12N2O3S2. The highest BCUT2D eigenvalue weighted by Crippen LogP contribution is 2.37. The maximum Gasteiger partial charge on any atom is 0.321 e. The van der Waals surface area contributed by atoms with Gasteiger partial charge in [-0.15, -0.1) is 23.1 Å². The Balaban J connectivity index is 1.81. The Bertz CT molecular complexity index is 644. The molecule has 0 bridgehead atoms. The van der Waals surface area contributed by atoms with E-state index < -0.39 is 12.0 Å². The van der Waals surface area contributed by atoms with Crippen LogP contribution in [0.2, 0.25) is 0 Å². The number of nitrogens with one attached hydrogen (secondary N) is 1. The number of thiazole rings is 1. The van der Waals surface area contributed by atoms with Gasteiger partial charge in [0.15, 0.2) is 0 Å². The van der Waals surface area contributed by atoms with Gasteiger partial charge in [-0.1, -0.05) is 12.1 Å². The van der Waals surface area contributed by atoms with E-state index in [0.29, 0.717) is 11.3 Å². The van der Waals surface area contributed by atoms with Crippen LogP contribution in [0.25, 0.3) is 10.6 Å². The topological polar surface area (TPSA) is 82.5 Å². The van der Waals surface area contributed by atoms with Crippen LogP contribution in [0, 0.1) is 0 Å². The number of hydrogen-bond donors (Lipinski definition) is 3. The van der Waals surface area contributed by atoms with Gasteiger partial charge in [0, 0.05) is 11.1 Å². The monoisotopic (exact) mass is 308 g/mol. The Morgan fingerprint density at radius 3 is 2.90 bits per heavy atom. The zero-order valence-electron chi connectivity index (χ0n) is 10.3. The van der Waals surface area contributed by atoms with Crippen molar-refractivity contribution in [3.63, 3.8) is 0 Å². The number of aromatic nitrogens is 1. The van der Waals surface area contributed by atoms with Gasteiger partial charge >= 0.3 is 5.97 Å². The fourth-order valence-corrected chi connectivity index (χ4v) is 4.11. The summed E-state index contributed by atoms with van der Waals surface area (Å²) >= 11 is 2.98. The Kier molecular flexibility index (Phi) is 3.64. The predicted molar refractivity (Wildman–Crippen MR) is 79.0 cm³/mol. The minimum atomic E-state index is -0.837. The molecular weight excluding hydrogens is 296 g/mol. The summed E-state index contributed by atoms with van der Waals surface area (Å²) in [6.45, 7) is 0. The second-order valence-electron chi connectivity index (χ2n) is 4.37. The Labute approximate surface area is 123 Å². The van der Waals surface area contributed by atoms with E-state index in [0.717, 1.165) is 10.7 Å². The molecule has 2 heterocycles. The van der Waals surface area contributed by atoms with Crippen molar-refractivity contribution in [3.8, 4) is 16.3 Å². The van der Waals surface area contributed by atoms with E-state index in [4.69, 9.17) is 5.11 Å². The van der Waals surface area contributed by atoms with Crippen molar-refractivity contribution >= 4 is 29.1 Å². The summed E-state index contributed by atoms with van der Waals surface area (Å²) in [5.41, 5.74) is 1.50. The average molecular weight is 308 g/mol. The van der Waals surface area contributed by atoms with E-state index in [1.807, 2.05) is 17.5 Å². The van der Waals surface area contributed by atoms with Crippen LogP contribution >= 0.6 is 23.1 Å². The smallest absolute Gasteiger partial charge is 0.321 e. The third-order valence-corrected chi connectivity index (χ3v) is 5.14. The van der Waals surface area contributed by atoms with E-state index in [1.54, 1.807) is 12.1 Å². The molecule has 0 aliphatic carbocycles. The molecule has 3 N–H and O–H groups in total. The number of carboxylic acid groups (broad SMARTS) is 1. The summed E-state index contributed by atoms with van der Waals surface area (Å²) in [6.07, 6.45) is 0. The number of aromatic hydroxyl groups is 1. The molecule has 7 heteroatoms. The van der Waals surface area contributed by atoms with Crippen LogP contribution in [0.4, 0.5) is 0 Å². The number of carbonyl (C=O) groups is 1. The van der Waals surface area contributed by atoms with Crippen molar-refractivity contribution in [1.29, 1.82) is 0 Å². The summed E-state index contributed by atoms with van der Waals surface area (Å²) in [5.74, 6) is -0.108. The minimum absolute atomic E-state index is 0.105. The van der Waals surface area contributed by atoms with Gasteiger partial charge in [0.05, 0.1) is 16.6 Å². The normalized spacial score (nSPS) is 22.0. The minimum Gasteiger partial charge on any atom is -0.507 e. The van der Waals surface area contributed by atoms with Gasteiger partial charge in [0.1, 0.15) is 16.8 Å². The summed E-state index contributed by atoms with van der Waals surface area (Å²) in [7, 11) is 0. The van der Waals surface area contributed by atoms with Crippen LogP contribution in [0.1, 0.15) is 11.1 Å². The molecule has 1 saturated heterocycles. The molecule has 0 saturated carbocycles. The number of aliphatic carboxylic acids is 1. The van der Waals surface area contributed by atoms with Crippen LogP contribution < -0.4 is 5.32 Å². The zero-order valence-corrected chi connectivity index (χ0v) is 11.9. The van der Waals surface area contributed by atoms with Crippen molar-refractivity contribution in [1.82, 2.24) is 10.3 Å². The molecule has 1 aromatic heterocycles. The van der Waals surface area contributed by atoms with Crippen molar-refractivity contribution in [2.75, 3.05) is 5.75 Å². The number of para-hydroxylation sites is 1. The molecule has 1 fully saturated rings. The second-order valence-corrected chi connectivity index (χ2v) is 6.36. The third-order valence-electron chi connectivity index (χ3n) is 3.01. The van der Waals surface area contributed by atoms with Crippen LogP contribution in [-0.4, -0.2) is 33.0 Å². The molecule has 1 unspecified atom stereocenters. The fraction of sp³-hybridized carbons (Fsp3) is 0.231. The second kappa shape index (κ2) is 5.43. The molecule has 1 aliphatic rings. The lowest BCUT2D eigenvalue weighted by molar-refractivity contribution is -0.138. The van der Waals surface area contributed by atoms with Gasteiger partial charge in [-0.3, -0.25) is 10.1 Å². The van der Waals surface area contributed by atoms with Gasteiger partial charge in [0.25, 0.3) is 0 Å². The molecule has 1 aliphatic heterocycles. The number of carboxylic acids is 1. The molecule has 0 radical (unpaired) electrons. The lowest BCUT2D eigenvalue weighted by atomic mass is 10.2. The molecule has 104 valence electrons. The third kappa shape index (κ3) is 2.52. The summed E-state index contributed by atoms with van der Waals surface area (Å²) in [5, 5.41) is 24.4. The highest BCUT2D eigenvalue weighted by molar-refractivity contribution is 7.99. The van der Waals surface area contributed by atoms with Crippen LogP contribution in [0.3, 0.4) is 0 Å². The van der Waals surface area contributed by atoms with E-state index in [1.165, 1.54) is 23.1 Å². The first-order chi connectivity index (χ1) is 9.65. The highest BCUT2D eigenvalue weighted by atomic mass is 32.2. The maximum atomic E-state index is 10.9. The number of hydrogen-bond acceptors (Lipinski definition) is 6. The first kappa shape index (κ1) is 13.4. The van der Waals surface area contributed by atoms with Gasteiger partial charge in [-0.05, 0) is 12.1 Å². The molecule has 0 amide bonds. The Morgan fingerprint density at radius 1 is 1.40 bits per heavy atom. The molecule has 20 heavy (non-hydrogen) atoms. The van der Waals surface area contributed by atoms with Gasteiger partial charge in [0.2, 0.25) is 0 Å². The Hall–Kier alpha value is -1.57. The summed E-state index contributed by atoms with van der Waals surface area (Å²) in [6, 6.07) is 6.52. The molecule has 5 nitrogen and oxygen atoms in total.